The van der Waals surface area contributed by atoms with Crippen LogP contribution in [0, 0.1) is 5.92 Å². The molecule has 0 fully saturated rings. The fourth-order valence-electron chi connectivity index (χ4n) is 1.36. The highest BCUT2D eigenvalue weighted by molar-refractivity contribution is 5.02. The van der Waals surface area contributed by atoms with Crippen LogP contribution >= 0.6 is 0 Å². The molecule has 0 radical (unpaired) electrons. The Labute approximate surface area is 79.8 Å². The summed E-state index contributed by atoms with van der Waals surface area (Å²) in [6, 6.07) is 0.179. The van der Waals surface area contributed by atoms with Crippen LogP contribution in [0.5, 0.6) is 0 Å². The van der Waals surface area contributed by atoms with Gasteiger partial charge in [0, 0.05) is 24.4 Å². The van der Waals surface area contributed by atoms with Crippen molar-refractivity contribution in [3.8, 4) is 0 Å². The Kier molecular flexibility index (Phi) is 3.48. The molecule has 0 aromatic carbocycles. The summed E-state index contributed by atoms with van der Waals surface area (Å²) in [6.07, 6.45) is 3.81. The minimum absolute atomic E-state index is 0.179. The van der Waals surface area contributed by atoms with Crippen molar-refractivity contribution in [2.45, 2.75) is 39.7 Å². The number of nitrogens with two attached hydrogens (primary N) is 1. The third-order valence-electron chi connectivity index (χ3n) is 1.82. The van der Waals surface area contributed by atoms with E-state index in [0.717, 1.165) is 18.7 Å². The predicted molar refractivity (Wildman–Crippen MR) is 54.5 cm³/mol. The normalized spacial score (nSPS) is 13.6. The fraction of sp³-hybridized carbons (Fsp3) is 0.700. The lowest BCUT2D eigenvalue weighted by atomic mass is 10.1. The highest BCUT2D eigenvalue weighted by Crippen LogP contribution is 2.06. The highest BCUT2D eigenvalue weighted by Gasteiger charge is 2.04. The van der Waals surface area contributed by atoms with Crippen LogP contribution < -0.4 is 5.73 Å². The van der Waals surface area contributed by atoms with Crippen molar-refractivity contribution < 1.29 is 0 Å². The van der Waals surface area contributed by atoms with E-state index in [1.807, 2.05) is 13.1 Å². The topological polar surface area (TPSA) is 54.7 Å². The molecule has 1 rings (SSSR count). The van der Waals surface area contributed by atoms with E-state index in [0.29, 0.717) is 5.92 Å². The second kappa shape index (κ2) is 4.42. The molecule has 0 aliphatic rings. The van der Waals surface area contributed by atoms with Crippen molar-refractivity contribution in [1.82, 2.24) is 9.97 Å². The van der Waals surface area contributed by atoms with E-state index >= 15 is 0 Å². The first kappa shape index (κ1) is 10.3. The second-order valence-electron chi connectivity index (χ2n) is 4.13. The number of aromatic amines is 1. The summed E-state index contributed by atoms with van der Waals surface area (Å²) >= 11 is 0. The molecule has 74 valence electrons. The standard InChI is InChI=1S/C10H19N3/c1-7(2)4-9-6-12-10(13-9)5-8(3)11/h6-8H,4-5,11H2,1-3H3,(H,12,13). The van der Waals surface area contributed by atoms with Gasteiger partial charge in [-0.05, 0) is 19.3 Å². The van der Waals surface area contributed by atoms with Crippen LogP contribution in [-0.2, 0) is 12.8 Å². The van der Waals surface area contributed by atoms with Gasteiger partial charge in [0.05, 0.1) is 0 Å². The third kappa shape index (κ3) is 3.59. The number of aromatic nitrogens is 2. The van der Waals surface area contributed by atoms with E-state index in [1.165, 1.54) is 5.69 Å². The molecule has 1 aromatic heterocycles. The fourth-order valence-corrected chi connectivity index (χ4v) is 1.36. The Bertz CT molecular complexity index is 226. The van der Waals surface area contributed by atoms with Gasteiger partial charge in [-0.15, -0.1) is 0 Å². The average molecular weight is 181 g/mol. The average Bonchev–Trinajstić information content (AvgIpc) is 2.33. The number of hydrogen-bond donors (Lipinski definition) is 2. The molecule has 3 nitrogen and oxygen atoms in total. The van der Waals surface area contributed by atoms with Gasteiger partial charge in [-0.1, -0.05) is 13.8 Å². The van der Waals surface area contributed by atoms with Gasteiger partial charge in [0.2, 0.25) is 0 Å². The molecule has 0 spiro atoms. The molecular weight excluding hydrogens is 162 g/mol. The molecule has 13 heavy (non-hydrogen) atoms. The van der Waals surface area contributed by atoms with E-state index in [-0.39, 0.29) is 6.04 Å². The van der Waals surface area contributed by atoms with Crippen LogP contribution in [0.15, 0.2) is 6.20 Å². The van der Waals surface area contributed by atoms with E-state index in [2.05, 4.69) is 23.8 Å². The van der Waals surface area contributed by atoms with Gasteiger partial charge < -0.3 is 10.7 Å². The van der Waals surface area contributed by atoms with Crippen LogP contribution in [-0.4, -0.2) is 16.0 Å². The van der Waals surface area contributed by atoms with E-state index in [9.17, 15) is 0 Å². The third-order valence-corrected chi connectivity index (χ3v) is 1.82. The maximum absolute atomic E-state index is 5.67. The Morgan fingerprint density at radius 3 is 2.62 bits per heavy atom. The second-order valence-corrected chi connectivity index (χ2v) is 4.13. The van der Waals surface area contributed by atoms with E-state index < -0.39 is 0 Å². The highest BCUT2D eigenvalue weighted by atomic mass is 14.9. The zero-order chi connectivity index (χ0) is 9.84. The largest absolute Gasteiger partial charge is 0.346 e. The molecule has 0 saturated carbocycles. The van der Waals surface area contributed by atoms with Gasteiger partial charge in [-0.2, -0.15) is 0 Å². The van der Waals surface area contributed by atoms with Gasteiger partial charge in [-0.25, -0.2) is 4.98 Å². The quantitative estimate of drug-likeness (QED) is 0.739. The summed E-state index contributed by atoms with van der Waals surface area (Å²) in [4.78, 5) is 7.56. The Morgan fingerprint density at radius 1 is 1.38 bits per heavy atom. The Hall–Kier alpha value is -0.830. The van der Waals surface area contributed by atoms with Gasteiger partial charge in [0.1, 0.15) is 5.82 Å². The predicted octanol–water partition coefficient (Wildman–Crippen LogP) is 1.50. The summed E-state index contributed by atoms with van der Waals surface area (Å²) in [6.45, 7) is 6.39. The lowest BCUT2D eigenvalue weighted by molar-refractivity contribution is 0.634. The zero-order valence-corrected chi connectivity index (χ0v) is 8.67. The number of H-pyrrole nitrogens is 1. The number of hydrogen-bond acceptors (Lipinski definition) is 2. The summed E-state index contributed by atoms with van der Waals surface area (Å²) in [5.41, 5.74) is 6.89. The number of rotatable bonds is 4. The van der Waals surface area contributed by atoms with E-state index in [1.54, 1.807) is 0 Å². The van der Waals surface area contributed by atoms with Crippen LogP contribution in [0.4, 0.5) is 0 Å². The van der Waals surface area contributed by atoms with Gasteiger partial charge in [-0.3, -0.25) is 0 Å². The Balaban J connectivity index is 2.53. The van der Waals surface area contributed by atoms with Crippen molar-refractivity contribution in [3.05, 3.63) is 17.7 Å². The molecular formula is C10H19N3. The monoisotopic (exact) mass is 181 g/mol. The van der Waals surface area contributed by atoms with E-state index in [4.69, 9.17) is 5.73 Å². The van der Waals surface area contributed by atoms with Crippen LogP contribution in [0.2, 0.25) is 0 Å². The molecule has 3 heteroatoms. The minimum atomic E-state index is 0.179. The Morgan fingerprint density at radius 2 is 2.08 bits per heavy atom. The molecule has 3 N–H and O–H groups in total. The number of imidazole rings is 1. The smallest absolute Gasteiger partial charge is 0.107 e. The summed E-state index contributed by atoms with van der Waals surface area (Å²) in [5, 5.41) is 0. The van der Waals surface area contributed by atoms with Gasteiger partial charge in [0.15, 0.2) is 0 Å². The van der Waals surface area contributed by atoms with Crippen LogP contribution in [0.3, 0.4) is 0 Å². The van der Waals surface area contributed by atoms with Gasteiger partial charge >= 0.3 is 0 Å². The zero-order valence-electron chi connectivity index (χ0n) is 8.67. The molecule has 1 heterocycles. The molecule has 1 atom stereocenters. The molecule has 0 aliphatic heterocycles. The van der Waals surface area contributed by atoms with Crippen molar-refractivity contribution in [2.24, 2.45) is 11.7 Å². The summed E-state index contributed by atoms with van der Waals surface area (Å²) < 4.78 is 0. The van der Waals surface area contributed by atoms with Gasteiger partial charge in [0.25, 0.3) is 0 Å². The maximum atomic E-state index is 5.67. The van der Waals surface area contributed by atoms with Crippen molar-refractivity contribution in [2.75, 3.05) is 0 Å². The lowest BCUT2D eigenvalue weighted by Gasteiger charge is -2.02. The molecule has 0 saturated heterocycles. The molecule has 0 amide bonds. The first-order valence-electron chi connectivity index (χ1n) is 4.86. The molecule has 0 aliphatic carbocycles. The summed E-state index contributed by atoms with van der Waals surface area (Å²) in [7, 11) is 0. The molecule has 1 unspecified atom stereocenters. The minimum Gasteiger partial charge on any atom is -0.346 e. The summed E-state index contributed by atoms with van der Waals surface area (Å²) in [5.74, 6) is 1.68. The number of nitrogens with zero attached hydrogens (tertiary/aromatic N) is 1. The van der Waals surface area contributed by atoms with Crippen molar-refractivity contribution >= 4 is 0 Å². The van der Waals surface area contributed by atoms with Crippen molar-refractivity contribution in [3.63, 3.8) is 0 Å². The van der Waals surface area contributed by atoms with Crippen LogP contribution in [0.1, 0.15) is 32.3 Å². The number of nitrogens with one attached hydrogen (secondary N) is 1. The maximum Gasteiger partial charge on any atom is 0.107 e. The SMILES string of the molecule is CC(C)Cc1cnc(CC(C)N)[nH]1. The van der Waals surface area contributed by atoms with Crippen LogP contribution in [0.25, 0.3) is 0 Å². The van der Waals surface area contributed by atoms with Crippen molar-refractivity contribution in [1.29, 1.82) is 0 Å². The molecule has 0 bridgehead atoms. The molecule has 1 aromatic rings. The first-order chi connectivity index (χ1) is 6.08. The lowest BCUT2D eigenvalue weighted by Crippen LogP contribution is -2.18. The first-order valence-corrected chi connectivity index (χ1v) is 4.86.